The summed E-state index contributed by atoms with van der Waals surface area (Å²) in [5.74, 6) is 1.92. The molecular weight excluding hydrogens is 236 g/mol. The van der Waals surface area contributed by atoms with E-state index < -0.39 is 0 Å². The Balaban J connectivity index is 1.67. The van der Waals surface area contributed by atoms with Crippen LogP contribution in [-0.4, -0.2) is 0 Å². The molecule has 3 nitrogen and oxygen atoms in total. The second kappa shape index (κ2) is 5.29. The van der Waals surface area contributed by atoms with Crippen LogP contribution in [0.15, 0.2) is 46.9 Å². The molecule has 1 aromatic carbocycles. The van der Waals surface area contributed by atoms with Gasteiger partial charge in [-0.2, -0.15) is 5.26 Å². The summed E-state index contributed by atoms with van der Waals surface area (Å²) in [6.45, 7) is 0.664. The first-order chi connectivity index (χ1) is 9.36. The van der Waals surface area contributed by atoms with E-state index in [1.165, 1.54) is 18.4 Å². The molecule has 1 fully saturated rings. The lowest BCUT2D eigenvalue weighted by molar-refractivity contribution is 0.422. The third-order valence-electron chi connectivity index (χ3n) is 3.52. The number of nitriles is 1. The number of nitrogens with zero attached hydrogens (tertiary/aromatic N) is 1. The Kier molecular flexibility index (Phi) is 3.35. The maximum atomic E-state index is 8.74. The Morgan fingerprint density at radius 2 is 2.00 bits per heavy atom. The second-order valence-corrected chi connectivity index (χ2v) is 4.98. The molecule has 0 amide bonds. The van der Waals surface area contributed by atoms with Crippen molar-refractivity contribution in [2.24, 2.45) is 5.92 Å². The van der Waals surface area contributed by atoms with Crippen LogP contribution in [0.4, 0.5) is 0 Å². The third kappa shape index (κ3) is 2.86. The molecule has 0 spiro atoms. The summed E-state index contributed by atoms with van der Waals surface area (Å²) < 4.78 is 5.40. The third-order valence-corrected chi connectivity index (χ3v) is 3.52. The van der Waals surface area contributed by atoms with Gasteiger partial charge in [0.1, 0.15) is 11.8 Å². The van der Waals surface area contributed by atoms with E-state index >= 15 is 0 Å². The zero-order valence-electron chi connectivity index (χ0n) is 10.7. The molecule has 0 bridgehead atoms. The fraction of sp³-hybridized carbons (Fsp3) is 0.312. The van der Waals surface area contributed by atoms with Crippen molar-refractivity contribution in [3.05, 3.63) is 59.5 Å². The lowest BCUT2D eigenvalue weighted by atomic mass is 10.0. The van der Waals surface area contributed by atoms with Crippen LogP contribution in [-0.2, 0) is 6.54 Å². The van der Waals surface area contributed by atoms with Crippen LogP contribution in [0.2, 0.25) is 0 Å². The molecule has 1 heterocycles. The highest BCUT2D eigenvalue weighted by Crippen LogP contribution is 2.41. The van der Waals surface area contributed by atoms with Crippen LogP contribution in [0.5, 0.6) is 0 Å². The number of rotatable bonds is 5. The summed E-state index contributed by atoms with van der Waals surface area (Å²) in [6.07, 6.45) is 2.57. The van der Waals surface area contributed by atoms with Crippen molar-refractivity contribution < 1.29 is 4.42 Å². The van der Waals surface area contributed by atoms with Gasteiger partial charge in [-0.3, -0.25) is 0 Å². The maximum absolute atomic E-state index is 8.74. The number of furan rings is 1. The minimum Gasteiger partial charge on any atom is -0.449 e. The minimum absolute atomic E-state index is 0.375. The molecule has 3 rings (SSSR count). The van der Waals surface area contributed by atoms with Gasteiger partial charge >= 0.3 is 0 Å². The van der Waals surface area contributed by atoms with Crippen molar-refractivity contribution in [2.75, 3.05) is 0 Å². The van der Waals surface area contributed by atoms with Gasteiger partial charge in [-0.25, -0.2) is 0 Å². The van der Waals surface area contributed by atoms with Crippen molar-refractivity contribution in [3.8, 4) is 6.07 Å². The number of hydrogen-bond donors (Lipinski definition) is 1. The summed E-state index contributed by atoms with van der Waals surface area (Å²) in [7, 11) is 0. The van der Waals surface area contributed by atoms with Crippen molar-refractivity contribution in [1.82, 2.24) is 5.32 Å². The maximum Gasteiger partial charge on any atom is 0.203 e. The largest absolute Gasteiger partial charge is 0.449 e. The zero-order chi connectivity index (χ0) is 13.1. The first-order valence-electron chi connectivity index (χ1n) is 6.64. The van der Waals surface area contributed by atoms with E-state index in [2.05, 4.69) is 29.6 Å². The summed E-state index contributed by atoms with van der Waals surface area (Å²) >= 11 is 0. The molecule has 2 aromatic rings. The van der Waals surface area contributed by atoms with E-state index in [0.717, 1.165) is 11.7 Å². The Labute approximate surface area is 112 Å². The predicted octanol–water partition coefficient (Wildman–Crippen LogP) is 3.39. The van der Waals surface area contributed by atoms with Gasteiger partial charge in [0.2, 0.25) is 5.76 Å². The monoisotopic (exact) mass is 252 g/mol. The first kappa shape index (κ1) is 12.0. The van der Waals surface area contributed by atoms with Crippen LogP contribution in [0, 0.1) is 17.2 Å². The minimum atomic E-state index is 0.375. The predicted molar refractivity (Wildman–Crippen MR) is 72.2 cm³/mol. The summed E-state index contributed by atoms with van der Waals surface area (Å²) in [5.41, 5.74) is 1.33. The first-order valence-corrected chi connectivity index (χ1v) is 6.64. The van der Waals surface area contributed by atoms with Gasteiger partial charge in [-0.05, 0) is 36.5 Å². The molecule has 3 heteroatoms. The highest BCUT2D eigenvalue weighted by Gasteiger charge is 2.31. The Morgan fingerprint density at radius 3 is 2.63 bits per heavy atom. The van der Waals surface area contributed by atoms with E-state index in [1.54, 1.807) is 6.07 Å². The van der Waals surface area contributed by atoms with E-state index in [-0.39, 0.29) is 0 Å². The second-order valence-electron chi connectivity index (χ2n) is 4.98. The van der Waals surface area contributed by atoms with Crippen molar-refractivity contribution in [2.45, 2.75) is 25.4 Å². The van der Waals surface area contributed by atoms with Crippen molar-refractivity contribution >= 4 is 0 Å². The molecule has 1 aliphatic carbocycles. The van der Waals surface area contributed by atoms with Gasteiger partial charge in [-0.1, -0.05) is 30.3 Å². The molecule has 1 saturated carbocycles. The number of nitrogens with one attached hydrogen (secondary N) is 1. The SMILES string of the molecule is N#Cc1ccc(CNC(c2ccccc2)C2CC2)o1. The Bertz CT molecular complexity index is 578. The highest BCUT2D eigenvalue weighted by atomic mass is 16.3. The normalized spacial score (nSPS) is 15.9. The van der Waals surface area contributed by atoms with Gasteiger partial charge in [0.15, 0.2) is 0 Å². The smallest absolute Gasteiger partial charge is 0.203 e. The van der Waals surface area contributed by atoms with E-state index in [0.29, 0.717) is 18.3 Å². The number of hydrogen-bond acceptors (Lipinski definition) is 3. The van der Waals surface area contributed by atoms with Crippen LogP contribution in [0.1, 0.15) is 36.0 Å². The molecule has 96 valence electrons. The topological polar surface area (TPSA) is 49.0 Å². The Morgan fingerprint density at radius 1 is 1.21 bits per heavy atom. The quantitative estimate of drug-likeness (QED) is 0.887. The molecule has 0 saturated heterocycles. The van der Waals surface area contributed by atoms with E-state index in [9.17, 15) is 0 Å². The molecule has 0 radical (unpaired) electrons. The average Bonchev–Trinajstić information content (AvgIpc) is 3.18. The average molecular weight is 252 g/mol. The van der Waals surface area contributed by atoms with Gasteiger partial charge < -0.3 is 9.73 Å². The van der Waals surface area contributed by atoms with Crippen LogP contribution >= 0.6 is 0 Å². The summed E-state index contributed by atoms with van der Waals surface area (Å²) in [5, 5.41) is 12.3. The van der Waals surface area contributed by atoms with Crippen molar-refractivity contribution in [1.29, 1.82) is 5.26 Å². The fourth-order valence-corrected chi connectivity index (χ4v) is 2.39. The molecule has 0 aliphatic heterocycles. The summed E-state index contributed by atoms with van der Waals surface area (Å²) in [4.78, 5) is 0. The van der Waals surface area contributed by atoms with Gasteiger partial charge in [0.25, 0.3) is 0 Å². The zero-order valence-corrected chi connectivity index (χ0v) is 10.7. The lowest BCUT2D eigenvalue weighted by Gasteiger charge is -2.18. The van der Waals surface area contributed by atoms with Crippen LogP contribution in [0.3, 0.4) is 0 Å². The Hall–Kier alpha value is -2.05. The molecule has 19 heavy (non-hydrogen) atoms. The van der Waals surface area contributed by atoms with Crippen molar-refractivity contribution in [3.63, 3.8) is 0 Å². The molecule has 1 aliphatic rings. The molecular formula is C16H16N2O. The van der Waals surface area contributed by atoms with Gasteiger partial charge in [0, 0.05) is 6.04 Å². The highest BCUT2D eigenvalue weighted by molar-refractivity contribution is 5.22. The molecule has 1 unspecified atom stereocenters. The van der Waals surface area contributed by atoms with E-state index in [4.69, 9.17) is 9.68 Å². The fourth-order valence-electron chi connectivity index (χ4n) is 2.39. The molecule has 1 N–H and O–H groups in total. The van der Waals surface area contributed by atoms with E-state index in [1.807, 2.05) is 18.2 Å². The van der Waals surface area contributed by atoms with Gasteiger partial charge in [0.05, 0.1) is 6.54 Å². The lowest BCUT2D eigenvalue weighted by Crippen LogP contribution is -2.22. The number of benzene rings is 1. The molecule has 1 atom stereocenters. The van der Waals surface area contributed by atoms with Gasteiger partial charge in [-0.15, -0.1) is 0 Å². The summed E-state index contributed by atoms with van der Waals surface area (Å²) in [6, 6.07) is 16.5. The van der Waals surface area contributed by atoms with Crippen LogP contribution in [0.25, 0.3) is 0 Å². The van der Waals surface area contributed by atoms with Crippen LogP contribution < -0.4 is 5.32 Å². The standard InChI is InChI=1S/C16H16N2O/c17-10-14-8-9-15(19-14)11-18-16(13-6-7-13)12-4-2-1-3-5-12/h1-5,8-9,13,16,18H,6-7,11H2. The molecule has 1 aromatic heterocycles.